The smallest absolute Gasteiger partial charge is 0.264 e. The van der Waals surface area contributed by atoms with Gasteiger partial charge < -0.3 is 9.47 Å². The predicted molar refractivity (Wildman–Crippen MR) is 106 cm³/mol. The molecule has 0 bridgehead atoms. The molecule has 0 amide bonds. The van der Waals surface area contributed by atoms with Gasteiger partial charge in [0, 0.05) is 6.07 Å². The van der Waals surface area contributed by atoms with E-state index < -0.39 is 10.0 Å². The van der Waals surface area contributed by atoms with Crippen molar-refractivity contribution in [2.75, 3.05) is 18.5 Å². The Balaban J connectivity index is 2.14. The van der Waals surface area contributed by atoms with Crippen LogP contribution >= 0.6 is 0 Å². The van der Waals surface area contributed by atoms with Gasteiger partial charge in [-0.1, -0.05) is 48.5 Å². The zero-order chi connectivity index (χ0) is 19.3. The van der Waals surface area contributed by atoms with E-state index in [1.807, 2.05) is 30.3 Å². The second-order valence-corrected chi connectivity index (χ2v) is 7.71. The molecule has 0 unspecified atom stereocenters. The van der Waals surface area contributed by atoms with Crippen LogP contribution < -0.4 is 13.8 Å². The molecule has 0 heterocycles. The lowest BCUT2D eigenvalue weighted by Gasteiger charge is -2.26. The van der Waals surface area contributed by atoms with Gasteiger partial charge in [-0.05, 0) is 29.8 Å². The van der Waals surface area contributed by atoms with Crippen LogP contribution in [0.2, 0.25) is 0 Å². The number of benzene rings is 3. The van der Waals surface area contributed by atoms with E-state index in [9.17, 15) is 8.42 Å². The fourth-order valence-electron chi connectivity index (χ4n) is 2.76. The Hall–Kier alpha value is -2.99. The van der Waals surface area contributed by atoms with Gasteiger partial charge in [0.1, 0.15) is 11.5 Å². The molecule has 0 N–H and O–H groups in total. The SMILES string of the molecule is COc1ccc(N(Cc2ccccc2)S(=O)(=O)c2ccccc2)c(OC)c1. The summed E-state index contributed by atoms with van der Waals surface area (Å²) in [5, 5.41) is 0. The average molecular weight is 383 g/mol. The van der Waals surface area contributed by atoms with Crippen molar-refractivity contribution in [3.63, 3.8) is 0 Å². The minimum atomic E-state index is -3.79. The third-order valence-electron chi connectivity index (χ3n) is 4.16. The summed E-state index contributed by atoms with van der Waals surface area (Å²) in [6.07, 6.45) is 0. The summed E-state index contributed by atoms with van der Waals surface area (Å²) < 4.78 is 38.8. The fourth-order valence-corrected chi connectivity index (χ4v) is 4.24. The van der Waals surface area contributed by atoms with Gasteiger partial charge in [-0.15, -0.1) is 0 Å². The van der Waals surface area contributed by atoms with Crippen molar-refractivity contribution in [1.82, 2.24) is 0 Å². The number of nitrogens with zero attached hydrogens (tertiary/aromatic N) is 1. The molecule has 5 nitrogen and oxygen atoms in total. The second kappa shape index (κ2) is 8.14. The maximum Gasteiger partial charge on any atom is 0.264 e. The summed E-state index contributed by atoms with van der Waals surface area (Å²) in [7, 11) is -0.731. The lowest BCUT2D eigenvalue weighted by atomic mass is 10.2. The van der Waals surface area contributed by atoms with Gasteiger partial charge in [-0.25, -0.2) is 8.42 Å². The highest BCUT2D eigenvalue weighted by atomic mass is 32.2. The van der Waals surface area contributed by atoms with Crippen LogP contribution in [0.3, 0.4) is 0 Å². The Morgan fingerprint density at radius 2 is 1.44 bits per heavy atom. The van der Waals surface area contributed by atoms with Crippen LogP contribution in [0.25, 0.3) is 0 Å². The molecular formula is C21H21NO4S. The lowest BCUT2D eigenvalue weighted by Crippen LogP contribution is -2.31. The summed E-state index contributed by atoms with van der Waals surface area (Å²) in [5.74, 6) is 1.01. The molecule has 3 rings (SSSR count). The van der Waals surface area contributed by atoms with Crippen LogP contribution in [0.15, 0.2) is 83.8 Å². The molecule has 3 aromatic rings. The monoisotopic (exact) mass is 383 g/mol. The van der Waals surface area contributed by atoms with Crippen molar-refractivity contribution in [3.05, 3.63) is 84.4 Å². The molecule has 0 saturated carbocycles. The van der Waals surface area contributed by atoms with Gasteiger partial charge in [0.2, 0.25) is 0 Å². The van der Waals surface area contributed by atoms with Crippen molar-refractivity contribution in [2.45, 2.75) is 11.4 Å². The van der Waals surface area contributed by atoms with Crippen LogP contribution in [-0.4, -0.2) is 22.6 Å². The van der Waals surface area contributed by atoms with E-state index in [1.165, 1.54) is 11.4 Å². The number of anilines is 1. The van der Waals surface area contributed by atoms with E-state index in [1.54, 1.807) is 55.6 Å². The third-order valence-corrected chi connectivity index (χ3v) is 5.93. The quantitative estimate of drug-likeness (QED) is 0.616. The Labute approximate surface area is 159 Å². The van der Waals surface area contributed by atoms with Crippen molar-refractivity contribution in [3.8, 4) is 11.5 Å². The first-order valence-corrected chi connectivity index (χ1v) is 9.84. The Morgan fingerprint density at radius 3 is 2.04 bits per heavy atom. The minimum Gasteiger partial charge on any atom is -0.497 e. The highest BCUT2D eigenvalue weighted by Crippen LogP contribution is 2.36. The number of methoxy groups -OCH3 is 2. The van der Waals surface area contributed by atoms with Crippen LogP contribution in [0.1, 0.15) is 5.56 Å². The molecule has 0 aliphatic carbocycles. The normalized spacial score (nSPS) is 11.0. The molecule has 0 aliphatic rings. The average Bonchev–Trinajstić information content (AvgIpc) is 2.73. The highest BCUT2D eigenvalue weighted by Gasteiger charge is 2.27. The van der Waals surface area contributed by atoms with Crippen LogP contribution in [0.4, 0.5) is 5.69 Å². The molecule has 0 atom stereocenters. The molecule has 0 spiro atoms. The lowest BCUT2D eigenvalue weighted by molar-refractivity contribution is 0.394. The zero-order valence-corrected chi connectivity index (χ0v) is 16.0. The van der Waals surface area contributed by atoms with E-state index in [4.69, 9.17) is 9.47 Å². The van der Waals surface area contributed by atoms with Crippen molar-refractivity contribution in [2.24, 2.45) is 0 Å². The zero-order valence-electron chi connectivity index (χ0n) is 15.2. The van der Waals surface area contributed by atoms with E-state index in [-0.39, 0.29) is 11.4 Å². The standard InChI is InChI=1S/C21H21NO4S/c1-25-18-13-14-20(21(15-18)26-2)22(16-17-9-5-3-6-10-17)27(23,24)19-11-7-4-8-12-19/h3-15H,16H2,1-2H3. The molecule has 3 aromatic carbocycles. The number of hydrogen-bond donors (Lipinski definition) is 0. The van der Waals surface area contributed by atoms with Crippen molar-refractivity contribution in [1.29, 1.82) is 0 Å². The summed E-state index contributed by atoms with van der Waals surface area (Å²) in [5.41, 5.74) is 1.32. The molecule has 0 fully saturated rings. The van der Waals surface area contributed by atoms with Crippen molar-refractivity contribution >= 4 is 15.7 Å². The Kier molecular flexibility index (Phi) is 5.66. The third kappa shape index (κ3) is 4.06. The molecule has 0 aliphatic heterocycles. The number of rotatable bonds is 7. The molecule has 27 heavy (non-hydrogen) atoms. The van der Waals surface area contributed by atoms with Gasteiger partial charge in [0.05, 0.1) is 31.3 Å². The van der Waals surface area contributed by atoms with E-state index in [0.29, 0.717) is 17.2 Å². The van der Waals surface area contributed by atoms with Crippen molar-refractivity contribution < 1.29 is 17.9 Å². The minimum absolute atomic E-state index is 0.181. The largest absolute Gasteiger partial charge is 0.497 e. The second-order valence-electron chi connectivity index (χ2n) is 5.85. The molecule has 6 heteroatoms. The first-order chi connectivity index (χ1) is 13.1. The number of hydrogen-bond acceptors (Lipinski definition) is 4. The summed E-state index contributed by atoms with van der Waals surface area (Å²) in [6, 6.07) is 22.9. The topological polar surface area (TPSA) is 55.8 Å². The summed E-state index contributed by atoms with van der Waals surface area (Å²) in [4.78, 5) is 0.221. The summed E-state index contributed by atoms with van der Waals surface area (Å²) in [6.45, 7) is 0.181. The molecule has 140 valence electrons. The highest BCUT2D eigenvalue weighted by molar-refractivity contribution is 7.92. The first kappa shape index (κ1) is 18.8. The van der Waals surface area contributed by atoms with Gasteiger partial charge in [0.25, 0.3) is 10.0 Å². The predicted octanol–water partition coefficient (Wildman–Crippen LogP) is 4.10. The van der Waals surface area contributed by atoms with E-state index in [2.05, 4.69) is 0 Å². The first-order valence-electron chi connectivity index (χ1n) is 8.40. The number of ether oxygens (including phenoxy) is 2. The Morgan fingerprint density at radius 1 is 0.815 bits per heavy atom. The van der Waals surface area contributed by atoms with Gasteiger partial charge >= 0.3 is 0 Å². The Bertz CT molecular complexity index is 989. The fraction of sp³-hybridized carbons (Fsp3) is 0.143. The molecular weight excluding hydrogens is 362 g/mol. The maximum atomic E-state index is 13.4. The van der Waals surface area contributed by atoms with Gasteiger partial charge in [0.15, 0.2) is 0 Å². The van der Waals surface area contributed by atoms with Gasteiger partial charge in [-0.2, -0.15) is 0 Å². The molecule has 0 aromatic heterocycles. The van der Waals surface area contributed by atoms with Crippen LogP contribution in [0, 0.1) is 0 Å². The van der Waals surface area contributed by atoms with Gasteiger partial charge in [-0.3, -0.25) is 4.31 Å². The van der Waals surface area contributed by atoms with E-state index >= 15 is 0 Å². The van der Waals surface area contributed by atoms with Crippen LogP contribution in [0.5, 0.6) is 11.5 Å². The van der Waals surface area contributed by atoms with Crippen LogP contribution in [-0.2, 0) is 16.6 Å². The molecule has 0 radical (unpaired) electrons. The maximum absolute atomic E-state index is 13.4. The molecule has 0 saturated heterocycles. The van der Waals surface area contributed by atoms with E-state index in [0.717, 1.165) is 5.56 Å². The summed E-state index contributed by atoms with van der Waals surface area (Å²) >= 11 is 0. The number of sulfonamides is 1.